The van der Waals surface area contributed by atoms with Crippen molar-refractivity contribution in [2.75, 3.05) is 5.32 Å². The van der Waals surface area contributed by atoms with Crippen LogP contribution in [-0.2, 0) is 6.54 Å². The normalized spacial score (nSPS) is 11.7. The van der Waals surface area contributed by atoms with Gasteiger partial charge in [-0.15, -0.1) is 6.58 Å². The van der Waals surface area contributed by atoms with E-state index in [1.807, 2.05) is 48.0 Å². The molecular weight excluding hydrogens is 276 g/mol. The molecule has 1 aromatic carbocycles. The van der Waals surface area contributed by atoms with Crippen LogP contribution >= 0.6 is 0 Å². The lowest BCUT2D eigenvalue weighted by atomic mass is 10.1. The van der Waals surface area contributed by atoms with Crippen LogP contribution in [0.25, 0.3) is 0 Å². The highest BCUT2D eigenvalue weighted by Crippen LogP contribution is 2.11. The second-order valence-corrected chi connectivity index (χ2v) is 5.16. The highest BCUT2D eigenvalue weighted by Gasteiger charge is 2.08. The topological polar surface area (TPSA) is 59.0 Å². The summed E-state index contributed by atoms with van der Waals surface area (Å²) in [6, 6.07) is 7.74. The van der Waals surface area contributed by atoms with Gasteiger partial charge in [-0.3, -0.25) is 0 Å². The zero-order chi connectivity index (χ0) is 15.8. The number of urea groups is 1. The van der Waals surface area contributed by atoms with E-state index >= 15 is 0 Å². The first-order valence-electron chi connectivity index (χ1n) is 7.44. The van der Waals surface area contributed by atoms with Crippen LogP contribution in [-0.4, -0.2) is 21.6 Å². The summed E-state index contributed by atoms with van der Waals surface area (Å²) in [5.41, 5.74) is 1.93. The first-order chi connectivity index (χ1) is 10.7. The fraction of sp³-hybridized carbons (Fsp3) is 0.294. The largest absolute Gasteiger partial charge is 0.335 e. The van der Waals surface area contributed by atoms with Crippen LogP contribution in [0.5, 0.6) is 0 Å². The molecule has 0 saturated heterocycles. The molecule has 1 aromatic heterocycles. The highest BCUT2D eigenvalue weighted by atomic mass is 16.2. The van der Waals surface area contributed by atoms with E-state index < -0.39 is 0 Å². The second-order valence-electron chi connectivity index (χ2n) is 5.16. The molecule has 2 rings (SSSR count). The Balaban J connectivity index is 1.87. The van der Waals surface area contributed by atoms with E-state index in [4.69, 9.17) is 0 Å². The van der Waals surface area contributed by atoms with Crippen LogP contribution in [0.2, 0.25) is 0 Å². The standard InChI is InChI=1S/C17H22N4O/c1-3-5-15(4-2)19-17(22)20-16-8-6-14(7-9-16)12-21-11-10-18-13-21/h3,6-11,13,15H,1,4-5,12H2,2H3,(H2,19,20,22). The molecule has 2 aromatic rings. The summed E-state index contributed by atoms with van der Waals surface area (Å²) in [5, 5.41) is 5.78. The number of amides is 2. The average Bonchev–Trinajstić information content (AvgIpc) is 3.01. The number of anilines is 1. The molecule has 0 saturated carbocycles. The monoisotopic (exact) mass is 298 g/mol. The van der Waals surface area contributed by atoms with Crippen molar-refractivity contribution >= 4 is 11.7 Å². The van der Waals surface area contributed by atoms with Gasteiger partial charge < -0.3 is 15.2 Å². The molecule has 1 heterocycles. The molecule has 1 atom stereocenters. The summed E-state index contributed by atoms with van der Waals surface area (Å²) < 4.78 is 2.00. The van der Waals surface area contributed by atoms with Gasteiger partial charge in [-0.2, -0.15) is 0 Å². The van der Waals surface area contributed by atoms with Crippen LogP contribution in [0, 0.1) is 0 Å². The van der Waals surface area contributed by atoms with Crippen molar-refractivity contribution in [2.24, 2.45) is 0 Å². The van der Waals surface area contributed by atoms with E-state index in [1.165, 1.54) is 0 Å². The highest BCUT2D eigenvalue weighted by molar-refractivity contribution is 5.89. The third kappa shape index (κ3) is 4.77. The van der Waals surface area contributed by atoms with E-state index in [1.54, 1.807) is 12.5 Å². The predicted molar refractivity (Wildman–Crippen MR) is 88.8 cm³/mol. The molecule has 5 nitrogen and oxygen atoms in total. The molecule has 0 aliphatic carbocycles. The number of imidazole rings is 1. The zero-order valence-electron chi connectivity index (χ0n) is 12.8. The Kier molecular flexibility index (Phi) is 5.77. The maximum Gasteiger partial charge on any atom is 0.319 e. The number of benzene rings is 1. The van der Waals surface area contributed by atoms with Crippen LogP contribution < -0.4 is 10.6 Å². The molecule has 1 unspecified atom stereocenters. The lowest BCUT2D eigenvalue weighted by Crippen LogP contribution is -2.37. The maximum atomic E-state index is 11.9. The van der Waals surface area contributed by atoms with Gasteiger partial charge in [-0.25, -0.2) is 9.78 Å². The number of rotatable bonds is 7. The summed E-state index contributed by atoms with van der Waals surface area (Å²) in [7, 11) is 0. The van der Waals surface area contributed by atoms with Crippen molar-refractivity contribution in [3.05, 3.63) is 61.2 Å². The molecule has 5 heteroatoms. The minimum Gasteiger partial charge on any atom is -0.335 e. The third-order valence-corrected chi connectivity index (χ3v) is 3.42. The molecule has 0 bridgehead atoms. The minimum absolute atomic E-state index is 0.123. The number of carbonyl (C=O) groups is 1. The van der Waals surface area contributed by atoms with Crippen molar-refractivity contribution in [2.45, 2.75) is 32.4 Å². The molecule has 116 valence electrons. The van der Waals surface area contributed by atoms with Gasteiger partial charge in [0.1, 0.15) is 0 Å². The number of nitrogens with zero attached hydrogens (tertiary/aromatic N) is 2. The van der Waals surface area contributed by atoms with Gasteiger partial charge in [0.25, 0.3) is 0 Å². The number of hydrogen-bond acceptors (Lipinski definition) is 2. The van der Waals surface area contributed by atoms with E-state index in [0.717, 1.165) is 30.6 Å². The fourth-order valence-corrected chi connectivity index (χ4v) is 2.17. The molecule has 0 spiro atoms. The first-order valence-corrected chi connectivity index (χ1v) is 7.44. The number of hydrogen-bond donors (Lipinski definition) is 2. The summed E-state index contributed by atoms with van der Waals surface area (Å²) in [5.74, 6) is 0. The van der Waals surface area contributed by atoms with Crippen molar-refractivity contribution in [1.29, 1.82) is 0 Å². The molecule has 0 radical (unpaired) electrons. The summed E-state index contributed by atoms with van der Waals surface area (Å²) in [6.07, 6.45) is 8.93. The smallest absolute Gasteiger partial charge is 0.319 e. The Morgan fingerprint density at radius 1 is 1.41 bits per heavy atom. The molecule has 2 amide bonds. The van der Waals surface area contributed by atoms with E-state index in [2.05, 4.69) is 22.2 Å². The van der Waals surface area contributed by atoms with E-state index in [-0.39, 0.29) is 12.1 Å². The summed E-state index contributed by atoms with van der Waals surface area (Å²) in [6.45, 7) is 6.51. The van der Waals surface area contributed by atoms with E-state index in [0.29, 0.717) is 0 Å². The maximum absolute atomic E-state index is 11.9. The Hall–Kier alpha value is -2.56. The number of aromatic nitrogens is 2. The van der Waals surface area contributed by atoms with Gasteiger partial charge in [0, 0.05) is 30.7 Å². The van der Waals surface area contributed by atoms with Crippen LogP contribution in [0.1, 0.15) is 25.3 Å². The van der Waals surface area contributed by atoms with Crippen molar-refractivity contribution < 1.29 is 4.79 Å². The molecule has 2 N–H and O–H groups in total. The van der Waals surface area contributed by atoms with E-state index in [9.17, 15) is 4.79 Å². The lowest BCUT2D eigenvalue weighted by Gasteiger charge is -2.15. The summed E-state index contributed by atoms with van der Waals surface area (Å²) in [4.78, 5) is 15.9. The predicted octanol–water partition coefficient (Wildman–Crippen LogP) is 3.41. The number of nitrogens with one attached hydrogen (secondary N) is 2. The molecule has 0 aliphatic heterocycles. The average molecular weight is 298 g/mol. The van der Waals surface area contributed by atoms with Crippen LogP contribution in [0.3, 0.4) is 0 Å². The third-order valence-electron chi connectivity index (χ3n) is 3.42. The Labute approximate surface area is 131 Å². The van der Waals surface area contributed by atoms with Gasteiger partial charge in [0.05, 0.1) is 6.33 Å². The van der Waals surface area contributed by atoms with Gasteiger partial charge in [0.15, 0.2) is 0 Å². The second kappa shape index (κ2) is 8.02. The van der Waals surface area contributed by atoms with Gasteiger partial charge >= 0.3 is 6.03 Å². The number of carbonyl (C=O) groups excluding carboxylic acids is 1. The quantitative estimate of drug-likeness (QED) is 0.770. The van der Waals surface area contributed by atoms with Gasteiger partial charge in [-0.05, 0) is 30.5 Å². The van der Waals surface area contributed by atoms with Gasteiger partial charge in [0.2, 0.25) is 0 Å². The Bertz CT molecular complexity index is 590. The van der Waals surface area contributed by atoms with Crippen molar-refractivity contribution in [3.8, 4) is 0 Å². The Morgan fingerprint density at radius 2 is 2.18 bits per heavy atom. The molecular formula is C17H22N4O. The zero-order valence-corrected chi connectivity index (χ0v) is 12.8. The Morgan fingerprint density at radius 3 is 2.77 bits per heavy atom. The fourth-order valence-electron chi connectivity index (χ4n) is 2.17. The molecule has 22 heavy (non-hydrogen) atoms. The summed E-state index contributed by atoms with van der Waals surface area (Å²) >= 11 is 0. The van der Waals surface area contributed by atoms with Crippen LogP contribution in [0.4, 0.5) is 10.5 Å². The van der Waals surface area contributed by atoms with Gasteiger partial charge in [-0.1, -0.05) is 25.1 Å². The van der Waals surface area contributed by atoms with Crippen LogP contribution in [0.15, 0.2) is 55.6 Å². The van der Waals surface area contributed by atoms with Crippen molar-refractivity contribution in [1.82, 2.24) is 14.9 Å². The SMILES string of the molecule is C=CCC(CC)NC(=O)Nc1ccc(Cn2ccnc2)cc1. The lowest BCUT2D eigenvalue weighted by molar-refractivity contribution is 0.248. The molecule has 0 fully saturated rings. The molecule has 0 aliphatic rings. The van der Waals surface area contributed by atoms with Crippen molar-refractivity contribution in [3.63, 3.8) is 0 Å². The minimum atomic E-state index is -0.184. The first kappa shape index (κ1) is 15.8.